The molecule has 0 aromatic heterocycles. The number of carbonyl (C=O) groups excluding carboxylic acids is 1. The summed E-state index contributed by atoms with van der Waals surface area (Å²) in [5, 5.41) is 2.72. The summed E-state index contributed by atoms with van der Waals surface area (Å²) < 4.78 is 0.956. The van der Waals surface area contributed by atoms with E-state index < -0.39 is 0 Å². The standard InChI is InChI=1S/C11H10BrNO/c1-2-3-8-13-11(14)9-4-6-10(12)7-5-9/h1,4-7H,3,8H2,(H,13,14). The molecule has 0 unspecified atom stereocenters. The Balaban J connectivity index is 2.53. The van der Waals surface area contributed by atoms with Gasteiger partial charge in [-0.05, 0) is 24.3 Å². The number of terminal acetylenes is 1. The molecule has 0 heterocycles. The molecular formula is C11H10BrNO. The summed E-state index contributed by atoms with van der Waals surface area (Å²) in [6.45, 7) is 0.519. The average Bonchev–Trinajstić information content (AvgIpc) is 2.19. The second kappa shape index (κ2) is 5.46. The number of hydrogen-bond donors (Lipinski definition) is 1. The molecule has 0 saturated heterocycles. The summed E-state index contributed by atoms with van der Waals surface area (Å²) in [4.78, 5) is 11.4. The Morgan fingerprint density at radius 3 is 2.64 bits per heavy atom. The molecule has 0 radical (unpaired) electrons. The van der Waals surface area contributed by atoms with Gasteiger partial charge in [0.15, 0.2) is 0 Å². The molecule has 1 amide bonds. The van der Waals surface area contributed by atoms with Gasteiger partial charge >= 0.3 is 0 Å². The predicted molar refractivity (Wildman–Crippen MR) is 59.9 cm³/mol. The summed E-state index contributed by atoms with van der Waals surface area (Å²) in [5.74, 6) is 2.37. The molecule has 0 aliphatic heterocycles. The lowest BCUT2D eigenvalue weighted by Crippen LogP contribution is -2.23. The summed E-state index contributed by atoms with van der Waals surface area (Å²) in [5.41, 5.74) is 0.644. The smallest absolute Gasteiger partial charge is 0.251 e. The Hall–Kier alpha value is -1.27. The van der Waals surface area contributed by atoms with Crippen LogP contribution in [0.4, 0.5) is 0 Å². The van der Waals surface area contributed by atoms with Crippen molar-refractivity contribution in [2.75, 3.05) is 6.54 Å². The van der Waals surface area contributed by atoms with Crippen molar-refractivity contribution in [3.63, 3.8) is 0 Å². The first-order valence-electron chi connectivity index (χ1n) is 4.21. The van der Waals surface area contributed by atoms with Gasteiger partial charge in [0.25, 0.3) is 5.91 Å². The maximum absolute atomic E-state index is 11.4. The van der Waals surface area contributed by atoms with E-state index in [0.717, 1.165) is 4.47 Å². The van der Waals surface area contributed by atoms with Crippen molar-refractivity contribution in [1.29, 1.82) is 0 Å². The molecule has 1 aromatic carbocycles. The normalized spacial score (nSPS) is 9.14. The van der Waals surface area contributed by atoms with Crippen LogP contribution >= 0.6 is 15.9 Å². The topological polar surface area (TPSA) is 29.1 Å². The Kier molecular flexibility index (Phi) is 4.21. The van der Waals surface area contributed by atoms with Crippen molar-refractivity contribution in [2.45, 2.75) is 6.42 Å². The zero-order chi connectivity index (χ0) is 10.4. The number of amides is 1. The minimum absolute atomic E-state index is 0.0900. The maximum Gasteiger partial charge on any atom is 0.251 e. The summed E-state index contributed by atoms with van der Waals surface area (Å²) in [6, 6.07) is 7.18. The first-order valence-corrected chi connectivity index (χ1v) is 5.00. The fourth-order valence-corrected chi connectivity index (χ4v) is 1.22. The van der Waals surface area contributed by atoms with E-state index in [2.05, 4.69) is 27.2 Å². The van der Waals surface area contributed by atoms with Gasteiger partial charge in [0.05, 0.1) is 0 Å². The molecule has 1 N–H and O–H groups in total. The minimum atomic E-state index is -0.0900. The summed E-state index contributed by atoms with van der Waals surface area (Å²) >= 11 is 3.30. The van der Waals surface area contributed by atoms with Gasteiger partial charge in [-0.1, -0.05) is 15.9 Å². The molecule has 14 heavy (non-hydrogen) atoms. The molecule has 1 rings (SSSR count). The van der Waals surface area contributed by atoms with E-state index >= 15 is 0 Å². The van der Waals surface area contributed by atoms with Gasteiger partial charge in [-0.2, -0.15) is 0 Å². The van der Waals surface area contributed by atoms with Gasteiger partial charge in [-0.3, -0.25) is 4.79 Å². The molecule has 0 spiro atoms. The highest BCUT2D eigenvalue weighted by molar-refractivity contribution is 9.10. The van der Waals surface area contributed by atoms with Crippen LogP contribution in [-0.4, -0.2) is 12.5 Å². The highest BCUT2D eigenvalue weighted by Crippen LogP contribution is 2.10. The van der Waals surface area contributed by atoms with Gasteiger partial charge in [0.1, 0.15) is 0 Å². The lowest BCUT2D eigenvalue weighted by Gasteiger charge is -2.02. The van der Waals surface area contributed by atoms with Crippen LogP contribution in [0, 0.1) is 12.3 Å². The molecule has 0 fully saturated rings. The number of rotatable bonds is 3. The lowest BCUT2D eigenvalue weighted by atomic mass is 10.2. The van der Waals surface area contributed by atoms with E-state index in [1.54, 1.807) is 12.1 Å². The van der Waals surface area contributed by atoms with Crippen LogP contribution < -0.4 is 5.32 Å². The van der Waals surface area contributed by atoms with Crippen LogP contribution in [0.15, 0.2) is 28.7 Å². The fourth-order valence-electron chi connectivity index (χ4n) is 0.952. The van der Waals surface area contributed by atoms with Crippen LogP contribution in [0.1, 0.15) is 16.8 Å². The third-order valence-electron chi connectivity index (χ3n) is 1.66. The lowest BCUT2D eigenvalue weighted by molar-refractivity contribution is 0.0954. The zero-order valence-electron chi connectivity index (χ0n) is 7.59. The van der Waals surface area contributed by atoms with Crippen molar-refractivity contribution in [3.8, 4) is 12.3 Å². The van der Waals surface area contributed by atoms with E-state index in [9.17, 15) is 4.79 Å². The molecule has 0 bridgehead atoms. The predicted octanol–water partition coefficient (Wildman–Crippen LogP) is 2.20. The van der Waals surface area contributed by atoms with E-state index in [-0.39, 0.29) is 5.91 Å². The Morgan fingerprint density at radius 2 is 2.07 bits per heavy atom. The second-order valence-electron chi connectivity index (χ2n) is 2.72. The first-order chi connectivity index (χ1) is 6.74. The largest absolute Gasteiger partial charge is 0.351 e. The van der Waals surface area contributed by atoms with Crippen LogP contribution in [0.25, 0.3) is 0 Å². The van der Waals surface area contributed by atoms with E-state index in [0.29, 0.717) is 18.5 Å². The van der Waals surface area contributed by atoms with Gasteiger partial charge in [-0.15, -0.1) is 12.3 Å². The van der Waals surface area contributed by atoms with Gasteiger partial charge in [0.2, 0.25) is 0 Å². The number of halogens is 1. The molecular weight excluding hydrogens is 242 g/mol. The van der Waals surface area contributed by atoms with E-state index in [1.807, 2.05) is 12.1 Å². The number of hydrogen-bond acceptors (Lipinski definition) is 1. The molecule has 0 saturated carbocycles. The molecule has 0 atom stereocenters. The SMILES string of the molecule is C#CCCNC(=O)c1ccc(Br)cc1. The molecule has 3 heteroatoms. The van der Waals surface area contributed by atoms with Crippen molar-refractivity contribution in [3.05, 3.63) is 34.3 Å². The van der Waals surface area contributed by atoms with Crippen LogP contribution in [0.3, 0.4) is 0 Å². The minimum Gasteiger partial charge on any atom is -0.351 e. The zero-order valence-corrected chi connectivity index (χ0v) is 9.17. The Morgan fingerprint density at radius 1 is 1.43 bits per heavy atom. The monoisotopic (exact) mass is 251 g/mol. The van der Waals surface area contributed by atoms with Gasteiger partial charge in [0, 0.05) is 23.0 Å². The Labute approximate surface area is 91.8 Å². The van der Waals surface area contributed by atoms with Crippen molar-refractivity contribution < 1.29 is 4.79 Å². The highest BCUT2D eigenvalue weighted by Gasteiger charge is 2.02. The van der Waals surface area contributed by atoms with Gasteiger partial charge < -0.3 is 5.32 Å². The first kappa shape index (κ1) is 10.8. The molecule has 2 nitrogen and oxygen atoms in total. The molecule has 1 aromatic rings. The third-order valence-corrected chi connectivity index (χ3v) is 2.19. The van der Waals surface area contributed by atoms with Crippen LogP contribution in [0.5, 0.6) is 0 Å². The quantitative estimate of drug-likeness (QED) is 0.648. The fraction of sp³-hybridized carbons (Fsp3) is 0.182. The highest BCUT2D eigenvalue weighted by atomic mass is 79.9. The van der Waals surface area contributed by atoms with Crippen molar-refractivity contribution >= 4 is 21.8 Å². The summed E-state index contributed by atoms with van der Waals surface area (Å²) in [6.07, 6.45) is 5.62. The van der Waals surface area contributed by atoms with Crippen molar-refractivity contribution in [1.82, 2.24) is 5.32 Å². The second-order valence-corrected chi connectivity index (χ2v) is 3.63. The van der Waals surface area contributed by atoms with Gasteiger partial charge in [-0.25, -0.2) is 0 Å². The molecule has 0 aliphatic rings. The number of nitrogens with one attached hydrogen (secondary N) is 1. The third kappa shape index (κ3) is 3.23. The number of benzene rings is 1. The maximum atomic E-state index is 11.4. The van der Waals surface area contributed by atoms with E-state index in [4.69, 9.17) is 6.42 Å². The molecule has 72 valence electrons. The average molecular weight is 252 g/mol. The van der Waals surface area contributed by atoms with Crippen LogP contribution in [0.2, 0.25) is 0 Å². The van der Waals surface area contributed by atoms with Crippen molar-refractivity contribution in [2.24, 2.45) is 0 Å². The van der Waals surface area contributed by atoms with E-state index in [1.165, 1.54) is 0 Å². The Bertz CT molecular complexity index is 351. The molecule has 0 aliphatic carbocycles. The van der Waals surface area contributed by atoms with Crippen LogP contribution in [-0.2, 0) is 0 Å². The number of carbonyl (C=O) groups is 1. The summed E-state index contributed by atoms with van der Waals surface area (Å²) in [7, 11) is 0.